The number of hydrogen-bond donors (Lipinski definition) is 1. The molecule has 1 N–H and O–H groups in total. The summed E-state index contributed by atoms with van der Waals surface area (Å²) < 4.78 is 0. The number of nitro groups is 1. The van der Waals surface area contributed by atoms with Crippen molar-refractivity contribution in [2.24, 2.45) is 4.99 Å². The van der Waals surface area contributed by atoms with E-state index in [0.29, 0.717) is 5.69 Å². The summed E-state index contributed by atoms with van der Waals surface area (Å²) in [6.07, 6.45) is 1.60. The van der Waals surface area contributed by atoms with Gasteiger partial charge in [-0.25, -0.2) is 0 Å². The summed E-state index contributed by atoms with van der Waals surface area (Å²) in [6, 6.07) is 7.58. The summed E-state index contributed by atoms with van der Waals surface area (Å²) in [5.41, 5.74) is 0.154. The van der Waals surface area contributed by atoms with Gasteiger partial charge in [-0.3, -0.25) is 15.1 Å². The van der Waals surface area contributed by atoms with E-state index < -0.39 is 4.92 Å². The molecular weight excluding hydrogens is 240 g/mol. The molecule has 0 amide bonds. The van der Waals surface area contributed by atoms with Crippen molar-refractivity contribution in [3.05, 3.63) is 50.7 Å². The number of hydrogen-bond acceptors (Lipinski definition) is 5. The van der Waals surface area contributed by atoms with E-state index in [4.69, 9.17) is 0 Å². The molecule has 0 fully saturated rings. The summed E-state index contributed by atoms with van der Waals surface area (Å²) in [7, 11) is 0. The molecule has 0 radical (unpaired) electrons. The van der Waals surface area contributed by atoms with E-state index in [1.807, 2.05) is 17.5 Å². The van der Waals surface area contributed by atoms with Gasteiger partial charge in [0, 0.05) is 17.2 Å². The molecule has 0 aliphatic carbocycles. The first-order chi connectivity index (χ1) is 8.16. The van der Waals surface area contributed by atoms with E-state index in [1.54, 1.807) is 6.21 Å². The van der Waals surface area contributed by atoms with Crippen molar-refractivity contribution < 1.29 is 10.0 Å². The Morgan fingerprint density at radius 1 is 1.41 bits per heavy atom. The van der Waals surface area contributed by atoms with E-state index in [9.17, 15) is 15.2 Å². The third kappa shape index (κ3) is 2.67. The summed E-state index contributed by atoms with van der Waals surface area (Å²) >= 11 is 1.52. The van der Waals surface area contributed by atoms with Crippen molar-refractivity contribution in [2.45, 2.75) is 0 Å². The van der Waals surface area contributed by atoms with Gasteiger partial charge in [0.25, 0.3) is 5.69 Å². The lowest BCUT2D eigenvalue weighted by Gasteiger charge is -1.97. The lowest BCUT2D eigenvalue weighted by Crippen LogP contribution is -1.86. The molecule has 0 bridgehead atoms. The number of thiophene rings is 1. The fraction of sp³-hybridized carbons (Fsp3) is 0. The number of benzene rings is 1. The second kappa shape index (κ2) is 4.75. The van der Waals surface area contributed by atoms with Crippen LogP contribution in [0.4, 0.5) is 11.4 Å². The molecule has 1 heterocycles. The van der Waals surface area contributed by atoms with Crippen molar-refractivity contribution >= 4 is 28.9 Å². The minimum absolute atomic E-state index is 0.155. The summed E-state index contributed by atoms with van der Waals surface area (Å²) in [4.78, 5) is 14.9. The first-order valence-corrected chi connectivity index (χ1v) is 5.60. The van der Waals surface area contributed by atoms with Crippen LogP contribution in [0.1, 0.15) is 4.88 Å². The van der Waals surface area contributed by atoms with Crippen molar-refractivity contribution in [3.8, 4) is 5.75 Å². The number of nitro benzene ring substituents is 1. The van der Waals surface area contributed by atoms with E-state index >= 15 is 0 Å². The van der Waals surface area contributed by atoms with Crippen LogP contribution in [-0.4, -0.2) is 16.2 Å². The van der Waals surface area contributed by atoms with Crippen LogP contribution in [0.15, 0.2) is 40.7 Å². The van der Waals surface area contributed by atoms with Crippen LogP contribution in [0, 0.1) is 10.1 Å². The monoisotopic (exact) mass is 248 g/mol. The fourth-order valence-electron chi connectivity index (χ4n) is 1.23. The highest BCUT2D eigenvalue weighted by Gasteiger charge is 2.08. The van der Waals surface area contributed by atoms with Crippen molar-refractivity contribution in [2.75, 3.05) is 0 Å². The Morgan fingerprint density at radius 3 is 2.82 bits per heavy atom. The van der Waals surface area contributed by atoms with E-state index in [-0.39, 0.29) is 11.4 Å². The molecule has 0 spiro atoms. The SMILES string of the molecule is O=[N+]([O-])c1ccc(N=Cc2cccs2)c(O)c1. The molecule has 0 aliphatic rings. The van der Waals surface area contributed by atoms with Gasteiger partial charge in [-0.05, 0) is 17.5 Å². The predicted molar refractivity (Wildman–Crippen MR) is 66.3 cm³/mol. The van der Waals surface area contributed by atoms with Crippen LogP contribution in [0.3, 0.4) is 0 Å². The van der Waals surface area contributed by atoms with Gasteiger partial charge in [-0.15, -0.1) is 11.3 Å². The van der Waals surface area contributed by atoms with E-state index in [1.165, 1.54) is 23.5 Å². The third-order valence-electron chi connectivity index (χ3n) is 2.04. The van der Waals surface area contributed by atoms with Crippen LogP contribution in [-0.2, 0) is 0 Å². The lowest BCUT2D eigenvalue weighted by molar-refractivity contribution is -0.384. The maximum atomic E-state index is 10.5. The smallest absolute Gasteiger partial charge is 0.273 e. The molecule has 0 atom stereocenters. The number of rotatable bonds is 3. The molecule has 1 aromatic heterocycles. The number of aliphatic imine (C=N–C) groups is 1. The molecule has 0 saturated heterocycles. The zero-order valence-electron chi connectivity index (χ0n) is 8.61. The first-order valence-electron chi connectivity index (χ1n) is 4.72. The van der Waals surface area contributed by atoms with Crippen LogP contribution >= 0.6 is 11.3 Å². The molecule has 2 rings (SSSR count). The Balaban J connectivity index is 2.25. The summed E-state index contributed by atoms with van der Waals surface area (Å²) in [5.74, 6) is -0.202. The Hall–Kier alpha value is -2.21. The standard InChI is InChI=1S/C11H8N2O3S/c14-11-6-8(13(15)16)3-4-10(11)12-7-9-2-1-5-17-9/h1-7,14H. The molecular formula is C11H8N2O3S. The Bertz CT molecular complexity index is 564. The Labute approximate surface area is 101 Å². The number of aromatic hydroxyl groups is 1. The zero-order chi connectivity index (χ0) is 12.3. The molecule has 86 valence electrons. The average Bonchev–Trinajstić information content (AvgIpc) is 2.80. The van der Waals surface area contributed by atoms with Gasteiger partial charge in [-0.1, -0.05) is 6.07 Å². The van der Waals surface area contributed by atoms with Gasteiger partial charge in [-0.2, -0.15) is 0 Å². The number of phenolic OH excluding ortho intramolecular Hbond substituents is 1. The van der Waals surface area contributed by atoms with Crippen LogP contribution in [0.2, 0.25) is 0 Å². The lowest BCUT2D eigenvalue weighted by atomic mass is 10.2. The molecule has 1 aromatic carbocycles. The Morgan fingerprint density at radius 2 is 2.24 bits per heavy atom. The van der Waals surface area contributed by atoms with Gasteiger partial charge in [0.15, 0.2) is 0 Å². The highest BCUT2D eigenvalue weighted by atomic mass is 32.1. The van der Waals surface area contributed by atoms with Crippen LogP contribution < -0.4 is 0 Å². The maximum absolute atomic E-state index is 10.5. The largest absolute Gasteiger partial charge is 0.505 e. The zero-order valence-corrected chi connectivity index (χ0v) is 9.42. The van der Waals surface area contributed by atoms with Gasteiger partial charge >= 0.3 is 0 Å². The van der Waals surface area contributed by atoms with Crippen molar-refractivity contribution in [1.82, 2.24) is 0 Å². The van der Waals surface area contributed by atoms with Gasteiger partial charge < -0.3 is 5.11 Å². The van der Waals surface area contributed by atoms with Gasteiger partial charge in [0.2, 0.25) is 0 Å². The molecule has 6 heteroatoms. The average molecular weight is 248 g/mol. The quantitative estimate of drug-likeness (QED) is 0.515. The second-order valence-corrected chi connectivity index (χ2v) is 4.18. The molecule has 17 heavy (non-hydrogen) atoms. The maximum Gasteiger partial charge on any atom is 0.273 e. The normalized spacial score (nSPS) is 10.8. The molecule has 0 saturated carbocycles. The highest BCUT2D eigenvalue weighted by Crippen LogP contribution is 2.30. The molecule has 2 aromatic rings. The van der Waals surface area contributed by atoms with Crippen molar-refractivity contribution in [1.29, 1.82) is 0 Å². The summed E-state index contributed by atoms with van der Waals surface area (Å²) in [5, 5.41) is 21.9. The molecule has 5 nitrogen and oxygen atoms in total. The minimum Gasteiger partial charge on any atom is -0.505 e. The topological polar surface area (TPSA) is 75.7 Å². The number of phenols is 1. The molecule has 0 unspecified atom stereocenters. The first kappa shape index (κ1) is 11.3. The number of non-ortho nitro benzene ring substituents is 1. The van der Waals surface area contributed by atoms with Crippen molar-refractivity contribution in [3.63, 3.8) is 0 Å². The van der Waals surface area contributed by atoms with Crippen LogP contribution in [0.5, 0.6) is 5.75 Å². The minimum atomic E-state index is -0.563. The number of nitrogens with zero attached hydrogens (tertiary/aromatic N) is 2. The third-order valence-corrected chi connectivity index (χ3v) is 2.85. The molecule has 0 aliphatic heterocycles. The summed E-state index contributed by atoms with van der Waals surface area (Å²) in [6.45, 7) is 0. The fourth-order valence-corrected chi connectivity index (χ4v) is 1.82. The Kier molecular flexibility index (Phi) is 3.15. The van der Waals surface area contributed by atoms with Gasteiger partial charge in [0.05, 0.1) is 11.0 Å². The predicted octanol–water partition coefficient (Wildman–Crippen LogP) is 3.11. The van der Waals surface area contributed by atoms with Gasteiger partial charge in [0.1, 0.15) is 11.4 Å². The van der Waals surface area contributed by atoms with E-state index in [2.05, 4.69) is 4.99 Å². The highest BCUT2D eigenvalue weighted by molar-refractivity contribution is 7.11. The second-order valence-electron chi connectivity index (χ2n) is 3.20. The van der Waals surface area contributed by atoms with E-state index in [0.717, 1.165) is 10.9 Å². The van der Waals surface area contributed by atoms with Crippen LogP contribution in [0.25, 0.3) is 0 Å².